The molecule has 0 radical (unpaired) electrons. The highest BCUT2D eigenvalue weighted by Crippen LogP contribution is 2.26. The van der Waals surface area contributed by atoms with Crippen molar-refractivity contribution in [2.24, 2.45) is 5.92 Å². The lowest BCUT2D eigenvalue weighted by atomic mass is 9.96. The van der Waals surface area contributed by atoms with Gasteiger partial charge < -0.3 is 14.5 Å². The van der Waals surface area contributed by atoms with E-state index in [1.165, 1.54) is 10.5 Å². The molecule has 1 unspecified atom stereocenters. The second-order valence-corrected chi connectivity index (χ2v) is 10.4. The topological polar surface area (TPSA) is 83.1 Å². The number of amides is 1. The average Bonchev–Trinajstić information content (AvgIpc) is 2.73. The Balaban J connectivity index is 1.71. The third kappa shape index (κ3) is 4.95. The van der Waals surface area contributed by atoms with E-state index < -0.39 is 10.0 Å². The van der Waals surface area contributed by atoms with Crippen molar-refractivity contribution in [2.75, 3.05) is 44.3 Å². The minimum Gasteiger partial charge on any atom is -0.378 e. The predicted molar refractivity (Wildman–Crippen MR) is 116 cm³/mol. The van der Waals surface area contributed by atoms with E-state index in [4.69, 9.17) is 4.74 Å². The fourth-order valence-corrected chi connectivity index (χ4v) is 6.19. The summed E-state index contributed by atoms with van der Waals surface area (Å²) in [6.45, 7) is 11.4. The summed E-state index contributed by atoms with van der Waals surface area (Å²) in [6, 6.07) is 3.11. The predicted octanol–water partition coefficient (Wildman–Crippen LogP) is 1.96. The molecule has 1 aromatic heterocycles. The van der Waals surface area contributed by atoms with Gasteiger partial charge in [-0.05, 0) is 52.7 Å². The minimum atomic E-state index is -3.61. The highest BCUT2D eigenvalue weighted by atomic mass is 32.2. The van der Waals surface area contributed by atoms with Gasteiger partial charge in [-0.25, -0.2) is 13.4 Å². The van der Waals surface area contributed by atoms with Crippen molar-refractivity contribution in [1.82, 2.24) is 14.2 Å². The largest absolute Gasteiger partial charge is 0.378 e. The van der Waals surface area contributed by atoms with Gasteiger partial charge in [0, 0.05) is 44.5 Å². The van der Waals surface area contributed by atoms with Crippen molar-refractivity contribution >= 4 is 21.7 Å². The number of carbonyl (C=O) groups is 1. The van der Waals surface area contributed by atoms with Crippen LogP contribution in [0.4, 0.5) is 5.82 Å². The quantitative estimate of drug-likeness (QED) is 0.675. The number of pyridine rings is 1. The Hall–Kier alpha value is -1.71. The lowest BCUT2D eigenvalue weighted by Crippen LogP contribution is -2.48. The first-order chi connectivity index (χ1) is 14.2. The number of sulfonamides is 1. The lowest BCUT2D eigenvalue weighted by molar-refractivity contribution is -0.139. The second kappa shape index (κ2) is 9.62. The summed E-state index contributed by atoms with van der Waals surface area (Å²) in [7, 11) is -3.61. The fraction of sp³-hybridized carbons (Fsp3) is 0.714. The normalized spacial score (nSPS) is 21.0. The zero-order valence-electron chi connectivity index (χ0n) is 18.5. The minimum absolute atomic E-state index is 0.0561. The van der Waals surface area contributed by atoms with Crippen molar-refractivity contribution in [3.05, 3.63) is 18.3 Å². The van der Waals surface area contributed by atoms with Gasteiger partial charge in [-0.3, -0.25) is 4.79 Å². The van der Waals surface area contributed by atoms with E-state index in [9.17, 15) is 13.2 Å². The molecule has 0 aromatic carbocycles. The molecule has 0 N–H and O–H groups in total. The Kier molecular flexibility index (Phi) is 7.36. The van der Waals surface area contributed by atoms with Gasteiger partial charge >= 0.3 is 0 Å². The van der Waals surface area contributed by atoms with Crippen LogP contribution in [0.25, 0.3) is 0 Å². The second-order valence-electron chi connectivity index (χ2n) is 8.60. The third-order valence-corrected chi connectivity index (χ3v) is 7.97. The highest BCUT2D eigenvalue weighted by Gasteiger charge is 2.32. The molecule has 1 amide bonds. The van der Waals surface area contributed by atoms with Gasteiger partial charge in [0.05, 0.1) is 19.1 Å². The van der Waals surface area contributed by atoms with Gasteiger partial charge in [0.15, 0.2) is 0 Å². The van der Waals surface area contributed by atoms with Crippen LogP contribution >= 0.6 is 0 Å². The summed E-state index contributed by atoms with van der Waals surface area (Å²) in [5.41, 5.74) is 0. The number of morpholine rings is 1. The molecule has 2 aliphatic heterocycles. The Morgan fingerprint density at radius 3 is 2.37 bits per heavy atom. The van der Waals surface area contributed by atoms with Crippen LogP contribution in [0.5, 0.6) is 0 Å². The molecule has 168 valence electrons. The van der Waals surface area contributed by atoms with E-state index in [0.717, 1.165) is 19.4 Å². The molecular weight excluding hydrogens is 404 g/mol. The number of hydrogen-bond acceptors (Lipinski definition) is 6. The number of carbonyl (C=O) groups excluding carboxylic acids is 1. The molecule has 1 atom stereocenters. The van der Waals surface area contributed by atoms with E-state index in [2.05, 4.69) is 9.88 Å². The van der Waals surface area contributed by atoms with Gasteiger partial charge in [0.1, 0.15) is 10.7 Å². The summed E-state index contributed by atoms with van der Waals surface area (Å²) in [5, 5.41) is 0. The van der Waals surface area contributed by atoms with E-state index in [0.29, 0.717) is 38.7 Å². The summed E-state index contributed by atoms with van der Waals surface area (Å²) < 4.78 is 32.9. The summed E-state index contributed by atoms with van der Waals surface area (Å²) in [6.07, 6.45) is 3.23. The maximum Gasteiger partial charge on any atom is 0.245 e. The smallest absolute Gasteiger partial charge is 0.245 e. The van der Waals surface area contributed by atoms with Gasteiger partial charge in [0.25, 0.3) is 0 Å². The maximum atomic E-state index is 13.0. The third-order valence-electron chi connectivity index (χ3n) is 5.73. The Morgan fingerprint density at radius 2 is 1.80 bits per heavy atom. The fourth-order valence-electron chi connectivity index (χ4n) is 4.41. The summed E-state index contributed by atoms with van der Waals surface area (Å²) >= 11 is 0. The zero-order chi connectivity index (χ0) is 21.9. The number of rotatable bonds is 6. The number of piperidine rings is 1. The van der Waals surface area contributed by atoms with Crippen LogP contribution in [0.3, 0.4) is 0 Å². The summed E-state index contributed by atoms with van der Waals surface area (Å²) in [4.78, 5) is 21.5. The molecule has 2 fully saturated rings. The highest BCUT2D eigenvalue weighted by molar-refractivity contribution is 7.89. The SMILES string of the molecule is CC(C)N(C(C)C)S(=O)(=O)c1ccc(N2CCCC(C(=O)N3CCOCC3)C2)nc1. The molecule has 0 aliphatic carbocycles. The van der Waals surface area contributed by atoms with Gasteiger partial charge in [-0.1, -0.05) is 0 Å². The van der Waals surface area contributed by atoms with Crippen LogP contribution in [0.2, 0.25) is 0 Å². The monoisotopic (exact) mass is 438 g/mol. The molecule has 2 saturated heterocycles. The van der Waals surface area contributed by atoms with Crippen LogP contribution < -0.4 is 4.90 Å². The van der Waals surface area contributed by atoms with Crippen LogP contribution in [0.1, 0.15) is 40.5 Å². The number of ether oxygens (including phenoxy) is 1. The standard InChI is InChI=1S/C21H34N4O4S/c1-16(2)25(17(3)4)30(27,28)19-7-8-20(22-14-19)24-9-5-6-18(15-24)21(26)23-10-12-29-13-11-23/h7-8,14,16-18H,5-6,9-13,15H2,1-4H3. The number of hydrogen-bond donors (Lipinski definition) is 0. The van der Waals surface area contributed by atoms with Crippen molar-refractivity contribution in [3.8, 4) is 0 Å². The van der Waals surface area contributed by atoms with Gasteiger partial charge in [0.2, 0.25) is 15.9 Å². The zero-order valence-corrected chi connectivity index (χ0v) is 19.3. The summed E-state index contributed by atoms with van der Waals surface area (Å²) in [5.74, 6) is 0.847. The molecule has 0 bridgehead atoms. The molecule has 0 spiro atoms. The van der Waals surface area contributed by atoms with Crippen molar-refractivity contribution in [3.63, 3.8) is 0 Å². The molecule has 0 saturated carbocycles. The lowest BCUT2D eigenvalue weighted by Gasteiger charge is -2.36. The van der Waals surface area contributed by atoms with Crippen molar-refractivity contribution in [1.29, 1.82) is 0 Å². The first-order valence-corrected chi connectivity index (χ1v) is 12.3. The Labute approximate surface area is 180 Å². The van der Waals surface area contributed by atoms with Crippen LogP contribution in [0.15, 0.2) is 23.2 Å². The van der Waals surface area contributed by atoms with Crippen molar-refractivity contribution in [2.45, 2.75) is 57.5 Å². The number of anilines is 1. The van der Waals surface area contributed by atoms with Crippen LogP contribution in [-0.2, 0) is 19.6 Å². The van der Waals surface area contributed by atoms with E-state index in [-0.39, 0.29) is 28.8 Å². The van der Waals surface area contributed by atoms with E-state index in [1.807, 2.05) is 32.6 Å². The molecular formula is C21H34N4O4S. The first-order valence-electron chi connectivity index (χ1n) is 10.8. The molecule has 2 aliphatic rings. The van der Waals surface area contributed by atoms with E-state index in [1.54, 1.807) is 12.1 Å². The average molecular weight is 439 g/mol. The molecule has 1 aromatic rings. The Morgan fingerprint density at radius 1 is 1.13 bits per heavy atom. The van der Waals surface area contributed by atoms with Gasteiger partial charge in [-0.15, -0.1) is 0 Å². The molecule has 3 heterocycles. The maximum absolute atomic E-state index is 13.0. The first kappa shape index (κ1) is 23.0. The molecule has 30 heavy (non-hydrogen) atoms. The van der Waals surface area contributed by atoms with Gasteiger partial charge in [-0.2, -0.15) is 4.31 Å². The number of aromatic nitrogens is 1. The van der Waals surface area contributed by atoms with E-state index >= 15 is 0 Å². The molecule has 9 heteroatoms. The van der Waals surface area contributed by atoms with Crippen LogP contribution in [0, 0.1) is 5.92 Å². The van der Waals surface area contributed by atoms with Crippen molar-refractivity contribution < 1.29 is 17.9 Å². The molecule has 8 nitrogen and oxygen atoms in total. The Bertz CT molecular complexity index is 812. The number of nitrogens with zero attached hydrogens (tertiary/aromatic N) is 4. The van der Waals surface area contributed by atoms with Crippen LogP contribution in [-0.4, -0.2) is 80.0 Å². The molecule has 3 rings (SSSR count).